The molecule has 2 aromatic rings. The minimum Gasteiger partial charge on any atom is -0.404 e. The van der Waals surface area contributed by atoms with Crippen LogP contribution in [0, 0.1) is 6.92 Å². The van der Waals surface area contributed by atoms with Gasteiger partial charge in [-0.15, -0.1) is 13.2 Å². The molecule has 1 aromatic carbocycles. The van der Waals surface area contributed by atoms with Crippen LogP contribution in [-0.2, 0) is 10.0 Å². The highest BCUT2D eigenvalue weighted by Crippen LogP contribution is 2.29. The van der Waals surface area contributed by atoms with Crippen LogP contribution in [0.2, 0.25) is 5.15 Å². The topological polar surface area (TPSA) is 85.4 Å². The molecule has 0 spiro atoms. The Morgan fingerprint density at radius 1 is 1.24 bits per heavy atom. The summed E-state index contributed by atoms with van der Waals surface area (Å²) in [7, 11) is -4.64. The van der Waals surface area contributed by atoms with Gasteiger partial charge in [0.1, 0.15) is 21.5 Å². The Bertz CT molecular complexity index is 896. The van der Waals surface area contributed by atoms with Gasteiger partial charge >= 0.3 is 6.36 Å². The maximum atomic E-state index is 12.4. The van der Waals surface area contributed by atoms with E-state index in [2.05, 4.69) is 9.72 Å². The van der Waals surface area contributed by atoms with Crippen molar-refractivity contribution in [2.75, 3.05) is 0 Å². The van der Waals surface area contributed by atoms with E-state index in [1.165, 1.54) is 18.2 Å². The monoisotopic (exact) mass is 394 g/mol. The highest BCUT2D eigenvalue weighted by Gasteiger charge is 2.34. The van der Waals surface area contributed by atoms with Gasteiger partial charge in [-0.25, -0.2) is 18.1 Å². The molecule has 0 atom stereocenters. The first-order valence-corrected chi connectivity index (χ1v) is 8.40. The quantitative estimate of drug-likeness (QED) is 0.805. The summed E-state index contributed by atoms with van der Waals surface area (Å²) >= 11 is 5.69. The predicted molar refractivity (Wildman–Crippen MR) is 81.8 cm³/mol. The number of aryl methyl sites for hydroxylation is 1. The molecule has 0 radical (unpaired) electrons. The minimum atomic E-state index is -5.10. The molecule has 134 valence electrons. The summed E-state index contributed by atoms with van der Waals surface area (Å²) in [4.78, 5) is 14.9. The van der Waals surface area contributed by atoms with E-state index in [-0.39, 0.29) is 10.8 Å². The average Bonchev–Trinajstić information content (AvgIpc) is 2.44. The molecular weight excluding hydrogens is 385 g/mol. The van der Waals surface area contributed by atoms with Crippen molar-refractivity contribution in [2.45, 2.75) is 18.2 Å². The van der Waals surface area contributed by atoms with E-state index < -0.39 is 32.9 Å². The Hall–Kier alpha value is -2.33. The number of aromatic nitrogens is 1. The smallest absolute Gasteiger partial charge is 0.404 e. The maximum absolute atomic E-state index is 12.4. The molecule has 1 aromatic heterocycles. The summed E-state index contributed by atoms with van der Waals surface area (Å²) in [5.74, 6) is -2.11. The molecule has 0 saturated heterocycles. The number of pyridine rings is 1. The number of hydrogen-bond donors (Lipinski definition) is 1. The third-order valence-corrected chi connectivity index (χ3v) is 4.33. The van der Waals surface area contributed by atoms with Crippen molar-refractivity contribution in [3.8, 4) is 5.75 Å². The first-order valence-electron chi connectivity index (χ1n) is 6.54. The van der Waals surface area contributed by atoms with Crippen molar-refractivity contribution >= 4 is 27.5 Å². The van der Waals surface area contributed by atoms with Gasteiger partial charge in [0, 0.05) is 0 Å². The van der Waals surface area contributed by atoms with Gasteiger partial charge < -0.3 is 4.74 Å². The fraction of sp³-hybridized carbons (Fsp3) is 0.143. The zero-order valence-electron chi connectivity index (χ0n) is 12.5. The number of nitrogens with one attached hydrogen (secondary N) is 1. The number of ether oxygens (including phenoxy) is 1. The lowest BCUT2D eigenvalue weighted by atomic mass is 10.2. The van der Waals surface area contributed by atoms with Crippen molar-refractivity contribution < 1.29 is 31.1 Å². The average molecular weight is 395 g/mol. The van der Waals surface area contributed by atoms with Crippen molar-refractivity contribution in [3.63, 3.8) is 0 Å². The van der Waals surface area contributed by atoms with E-state index in [1.54, 1.807) is 11.6 Å². The largest absolute Gasteiger partial charge is 0.573 e. The van der Waals surface area contributed by atoms with E-state index in [0.29, 0.717) is 5.56 Å². The Morgan fingerprint density at radius 2 is 1.88 bits per heavy atom. The number of amides is 1. The van der Waals surface area contributed by atoms with Crippen LogP contribution in [0.15, 0.2) is 41.3 Å². The lowest BCUT2D eigenvalue weighted by molar-refractivity contribution is -0.275. The fourth-order valence-electron chi connectivity index (χ4n) is 1.85. The van der Waals surface area contributed by atoms with E-state index in [0.717, 1.165) is 18.2 Å². The SMILES string of the molecule is Cc1cc(Cl)nc(C(=O)NS(=O)(=O)c2ccccc2OC(F)(F)F)c1. The van der Waals surface area contributed by atoms with Gasteiger partial charge in [0.15, 0.2) is 0 Å². The molecule has 6 nitrogen and oxygen atoms in total. The Balaban J connectivity index is 2.35. The lowest BCUT2D eigenvalue weighted by Gasteiger charge is -2.13. The first-order chi connectivity index (χ1) is 11.5. The molecule has 0 aliphatic carbocycles. The van der Waals surface area contributed by atoms with Crippen LogP contribution in [-0.4, -0.2) is 25.7 Å². The van der Waals surface area contributed by atoms with Crippen LogP contribution < -0.4 is 9.46 Å². The van der Waals surface area contributed by atoms with Gasteiger partial charge in [-0.2, -0.15) is 0 Å². The second kappa shape index (κ2) is 6.89. The molecule has 0 bridgehead atoms. The number of nitrogens with zero attached hydrogens (tertiary/aromatic N) is 1. The number of carbonyl (C=O) groups is 1. The Kier molecular flexibility index (Phi) is 5.23. The highest BCUT2D eigenvalue weighted by molar-refractivity contribution is 7.90. The molecule has 0 aliphatic heterocycles. The van der Waals surface area contributed by atoms with Crippen LogP contribution in [0.1, 0.15) is 16.1 Å². The van der Waals surface area contributed by atoms with Gasteiger partial charge in [0.05, 0.1) is 0 Å². The van der Waals surface area contributed by atoms with Crippen LogP contribution in [0.25, 0.3) is 0 Å². The molecule has 25 heavy (non-hydrogen) atoms. The second-order valence-electron chi connectivity index (χ2n) is 4.78. The third-order valence-electron chi connectivity index (χ3n) is 2.76. The number of sulfonamides is 1. The molecule has 2 rings (SSSR count). The van der Waals surface area contributed by atoms with Crippen molar-refractivity contribution in [3.05, 3.63) is 52.8 Å². The number of carbonyl (C=O) groups excluding carboxylic acids is 1. The Labute approximate surface area is 145 Å². The summed E-state index contributed by atoms with van der Waals surface area (Å²) < 4.78 is 67.0. The predicted octanol–water partition coefficient (Wildman–Crippen LogP) is 3.06. The van der Waals surface area contributed by atoms with Crippen molar-refractivity contribution in [2.24, 2.45) is 0 Å². The molecule has 1 N–H and O–H groups in total. The van der Waals surface area contributed by atoms with Crippen LogP contribution in [0.4, 0.5) is 13.2 Å². The van der Waals surface area contributed by atoms with Gasteiger partial charge in [0.2, 0.25) is 0 Å². The second-order valence-corrected chi connectivity index (χ2v) is 6.82. The number of hydrogen-bond acceptors (Lipinski definition) is 5. The normalized spacial score (nSPS) is 11.9. The van der Waals surface area contributed by atoms with Gasteiger partial charge in [-0.3, -0.25) is 4.79 Å². The Morgan fingerprint density at radius 3 is 2.48 bits per heavy atom. The van der Waals surface area contributed by atoms with Crippen molar-refractivity contribution in [1.82, 2.24) is 9.71 Å². The maximum Gasteiger partial charge on any atom is 0.573 e. The molecule has 0 saturated carbocycles. The molecule has 0 unspecified atom stereocenters. The summed E-state index contributed by atoms with van der Waals surface area (Å²) in [6, 6.07) is 6.74. The number of para-hydroxylation sites is 1. The van der Waals surface area contributed by atoms with E-state index in [9.17, 15) is 26.4 Å². The van der Waals surface area contributed by atoms with Gasteiger partial charge in [0.25, 0.3) is 15.9 Å². The van der Waals surface area contributed by atoms with Crippen LogP contribution in [0.5, 0.6) is 5.75 Å². The van der Waals surface area contributed by atoms with E-state index in [1.807, 2.05) is 0 Å². The molecule has 0 aliphatic rings. The molecule has 11 heteroatoms. The van der Waals surface area contributed by atoms with Gasteiger partial charge in [-0.05, 0) is 36.8 Å². The van der Waals surface area contributed by atoms with E-state index in [4.69, 9.17) is 11.6 Å². The number of halogens is 4. The zero-order chi connectivity index (χ0) is 18.8. The molecule has 0 fully saturated rings. The summed E-state index contributed by atoms with van der Waals surface area (Å²) in [5.41, 5.74) is 0.242. The number of benzene rings is 1. The standard InChI is InChI=1S/C14H10ClF3N2O4S/c1-8-6-9(19-12(15)7-8)13(21)20-25(22,23)11-5-3-2-4-10(11)24-14(16,17)18/h2-7H,1H3,(H,20,21). The highest BCUT2D eigenvalue weighted by atomic mass is 35.5. The zero-order valence-corrected chi connectivity index (χ0v) is 14.0. The fourth-order valence-corrected chi connectivity index (χ4v) is 3.21. The molecule has 1 heterocycles. The van der Waals surface area contributed by atoms with Crippen LogP contribution in [0.3, 0.4) is 0 Å². The lowest BCUT2D eigenvalue weighted by Crippen LogP contribution is -2.32. The summed E-state index contributed by atoms with van der Waals surface area (Å²) in [6.07, 6.45) is -5.10. The first kappa shape index (κ1) is 19.0. The summed E-state index contributed by atoms with van der Waals surface area (Å²) in [5, 5.41) is -0.0386. The van der Waals surface area contributed by atoms with E-state index >= 15 is 0 Å². The molecule has 1 amide bonds. The van der Waals surface area contributed by atoms with Gasteiger partial charge in [-0.1, -0.05) is 23.7 Å². The molecular formula is C14H10ClF3N2O4S. The summed E-state index contributed by atoms with van der Waals surface area (Å²) in [6.45, 7) is 1.60. The number of alkyl halides is 3. The number of rotatable bonds is 4. The third kappa shape index (κ3) is 5.07. The van der Waals surface area contributed by atoms with Crippen molar-refractivity contribution in [1.29, 1.82) is 0 Å². The van der Waals surface area contributed by atoms with Crippen LogP contribution >= 0.6 is 11.6 Å². The minimum absolute atomic E-state index is 0.0386.